The van der Waals surface area contributed by atoms with Gasteiger partial charge in [0, 0.05) is 32.3 Å². The normalized spacial score (nSPS) is 10.1. The molecule has 0 aliphatic heterocycles. The zero-order chi connectivity index (χ0) is 14.9. The highest BCUT2D eigenvalue weighted by molar-refractivity contribution is 5.75. The van der Waals surface area contributed by atoms with Crippen LogP contribution in [0.4, 0.5) is 0 Å². The third-order valence-corrected chi connectivity index (χ3v) is 2.78. The highest BCUT2D eigenvalue weighted by Crippen LogP contribution is 2.19. The molecule has 0 fully saturated rings. The summed E-state index contributed by atoms with van der Waals surface area (Å²) >= 11 is 0. The molecular weight excluding hydrogens is 268 g/mol. The number of methoxy groups -OCH3 is 1. The van der Waals surface area contributed by atoms with E-state index in [4.69, 9.17) is 9.47 Å². The van der Waals surface area contributed by atoms with E-state index in [2.05, 4.69) is 10.3 Å². The molecule has 5 heteroatoms. The molecule has 21 heavy (non-hydrogen) atoms. The highest BCUT2D eigenvalue weighted by Gasteiger charge is 2.03. The molecule has 110 valence electrons. The Labute approximate surface area is 123 Å². The van der Waals surface area contributed by atoms with Crippen LogP contribution < -0.4 is 10.1 Å². The smallest absolute Gasteiger partial charge is 0.222 e. The number of aromatic nitrogens is 1. The van der Waals surface area contributed by atoms with Gasteiger partial charge in [-0.1, -0.05) is 18.2 Å². The second kappa shape index (κ2) is 8.01. The van der Waals surface area contributed by atoms with E-state index in [1.165, 1.54) is 0 Å². The van der Waals surface area contributed by atoms with Crippen LogP contribution in [0.15, 0.2) is 48.7 Å². The molecule has 0 radical (unpaired) electrons. The summed E-state index contributed by atoms with van der Waals surface area (Å²) in [6.07, 6.45) is 2.04. The number of nitrogens with zero attached hydrogens (tertiary/aromatic N) is 1. The standard InChI is InChI=1S/C16H18N2O3/c1-20-10-8-15(19)18-12-13-5-4-6-14(11-13)21-16-7-2-3-9-17-16/h2-7,9,11H,8,10,12H2,1H3,(H,18,19). The highest BCUT2D eigenvalue weighted by atomic mass is 16.5. The Morgan fingerprint density at radius 3 is 2.90 bits per heavy atom. The van der Waals surface area contributed by atoms with Gasteiger partial charge >= 0.3 is 0 Å². The lowest BCUT2D eigenvalue weighted by Gasteiger charge is -2.08. The van der Waals surface area contributed by atoms with Crippen molar-refractivity contribution < 1.29 is 14.3 Å². The van der Waals surface area contributed by atoms with Crippen molar-refractivity contribution in [2.45, 2.75) is 13.0 Å². The van der Waals surface area contributed by atoms with E-state index in [1.54, 1.807) is 19.4 Å². The second-order valence-electron chi connectivity index (χ2n) is 4.44. The first-order chi connectivity index (χ1) is 10.3. The lowest BCUT2D eigenvalue weighted by atomic mass is 10.2. The Morgan fingerprint density at radius 1 is 1.24 bits per heavy atom. The van der Waals surface area contributed by atoms with Crippen LogP contribution >= 0.6 is 0 Å². The number of pyridine rings is 1. The van der Waals surface area contributed by atoms with E-state index in [-0.39, 0.29) is 5.91 Å². The zero-order valence-electron chi connectivity index (χ0n) is 11.9. The molecule has 2 aromatic rings. The zero-order valence-corrected chi connectivity index (χ0v) is 11.9. The summed E-state index contributed by atoms with van der Waals surface area (Å²) in [7, 11) is 1.58. The molecule has 0 aliphatic carbocycles. The van der Waals surface area contributed by atoms with Crippen molar-refractivity contribution in [1.29, 1.82) is 0 Å². The Bertz CT molecular complexity index is 573. The minimum Gasteiger partial charge on any atom is -0.439 e. The van der Waals surface area contributed by atoms with Crippen LogP contribution in [0.25, 0.3) is 0 Å². The fraction of sp³-hybridized carbons (Fsp3) is 0.250. The van der Waals surface area contributed by atoms with Gasteiger partial charge in [0.1, 0.15) is 5.75 Å². The number of benzene rings is 1. The van der Waals surface area contributed by atoms with Gasteiger partial charge in [0.15, 0.2) is 0 Å². The number of ether oxygens (including phenoxy) is 2. The van der Waals surface area contributed by atoms with Crippen LogP contribution in [0.5, 0.6) is 11.6 Å². The topological polar surface area (TPSA) is 60.5 Å². The predicted molar refractivity (Wildman–Crippen MR) is 79.1 cm³/mol. The SMILES string of the molecule is COCCC(=O)NCc1cccc(Oc2ccccn2)c1. The first-order valence-corrected chi connectivity index (χ1v) is 6.71. The van der Waals surface area contributed by atoms with Crippen molar-refractivity contribution in [3.8, 4) is 11.6 Å². The Kier molecular flexibility index (Phi) is 5.72. The molecule has 5 nitrogen and oxygen atoms in total. The fourth-order valence-corrected chi connectivity index (χ4v) is 1.73. The van der Waals surface area contributed by atoms with Crippen molar-refractivity contribution in [1.82, 2.24) is 10.3 Å². The third kappa shape index (κ3) is 5.24. The quantitative estimate of drug-likeness (QED) is 0.849. The van der Waals surface area contributed by atoms with E-state index < -0.39 is 0 Å². The van der Waals surface area contributed by atoms with Crippen LogP contribution in [0.2, 0.25) is 0 Å². The van der Waals surface area contributed by atoms with Crippen LogP contribution in [-0.4, -0.2) is 24.6 Å². The monoisotopic (exact) mass is 286 g/mol. The Hall–Kier alpha value is -2.40. The first-order valence-electron chi connectivity index (χ1n) is 6.71. The van der Waals surface area contributed by atoms with Crippen molar-refractivity contribution in [3.63, 3.8) is 0 Å². The molecule has 0 saturated heterocycles. The number of carbonyl (C=O) groups is 1. The first kappa shape index (κ1) is 15.0. The number of hydrogen-bond acceptors (Lipinski definition) is 4. The predicted octanol–water partition coefficient (Wildman–Crippen LogP) is 2.53. The van der Waals surface area contributed by atoms with Crippen molar-refractivity contribution in [2.75, 3.05) is 13.7 Å². The minimum absolute atomic E-state index is 0.0344. The second-order valence-corrected chi connectivity index (χ2v) is 4.44. The van der Waals surface area contributed by atoms with Gasteiger partial charge in [-0.15, -0.1) is 0 Å². The van der Waals surface area contributed by atoms with Gasteiger partial charge in [-0.3, -0.25) is 4.79 Å². The van der Waals surface area contributed by atoms with E-state index in [9.17, 15) is 4.79 Å². The van der Waals surface area contributed by atoms with Gasteiger partial charge in [-0.2, -0.15) is 0 Å². The Morgan fingerprint density at radius 2 is 2.14 bits per heavy atom. The lowest BCUT2D eigenvalue weighted by Crippen LogP contribution is -2.23. The van der Waals surface area contributed by atoms with Crippen molar-refractivity contribution in [3.05, 3.63) is 54.2 Å². The summed E-state index contributed by atoms with van der Waals surface area (Å²) < 4.78 is 10.5. The molecule has 1 heterocycles. The molecular formula is C16H18N2O3. The van der Waals surface area contributed by atoms with E-state index in [0.717, 1.165) is 5.56 Å². The van der Waals surface area contributed by atoms with Gasteiger partial charge in [0.05, 0.1) is 6.61 Å². The largest absolute Gasteiger partial charge is 0.439 e. The van der Waals surface area contributed by atoms with E-state index in [0.29, 0.717) is 31.2 Å². The Balaban J connectivity index is 1.90. The molecule has 1 aromatic carbocycles. The summed E-state index contributed by atoms with van der Waals surface area (Å²) in [5.41, 5.74) is 0.967. The number of nitrogens with one attached hydrogen (secondary N) is 1. The summed E-state index contributed by atoms with van der Waals surface area (Å²) in [6, 6.07) is 13.0. The van der Waals surface area contributed by atoms with Crippen LogP contribution in [0, 0.1) is 0 Å². The average Bonchev–Trinajstić information content (AvgIpc) is 2.52. The molecule has 1 amide bonds. The van der Waals surface area contributed by atoms with Gasteiger partial charge in [0.2, 0.25) is 11.8 Å². The third-order valence-electron chi connectivity index (χ3n) is 2.78. The molecule has 0 spiro atoms. The van der Waals surface area contributed by atoms with Crippen LogP contribution in [0.3, 0.4) is 0 Å². The number of hydrogen-bond donors (Lipinski definition) is 1. The maximum atomic E-state index is 11.5. The summed E-state index contributed by atoms with van der Waals surface area (Å²) in [6.45, 7) is 0.886. The molecule has 0 bridgehead atoms. The van der Waals surface area contributed by atoms with Crippen molar-refractivity contribution >= 4 is 5.91 Å². The van der Waals surface area contributed by atoms with Crippen LogP contribution in [-0.2, 0) is 16.1 Å². The van der Waals surface area contributed by atoms with Gasteiger partial charge in [-0.05, 0) is 23.8 Å². The molecule has 2 rings (SSSR count). The van der Waals surface area contributed by atoms with Gasteiger partial charge in [-0.25, -0.2) is 4.98 Å². The summed E-state index contributed by atoms with van der Waals surface area (Å²) in [5, 5.41) is 2.83. The maximum absolute atomic E-state index is 11.5. The number of amides is 1. The van der Waals surface area contributed by atoms with Crippen molar-refractivity contribution in [2.24, 2.45) is 0 Å². The molecule has 1 aromatic heterocycles. The minimum atomic E-state index is -0.0344. The number of rotatable bonds is 7. The van der Waals surface area contributed by atoms with Crippen LogP contribution in [0.1, 0.15) is 12.0 Å². The average molecular weight is 286 g/mol. The van der Waals surface area contributed by atoms with E-state index in [1.807, 2.05) is 36.4 Å². The molecule has 0 atom stereocenters. The molecule has 0 unspecified atom stereocenters. The summed E-state index contributed by atoms with van der Waals surface area (Å²) in [5.74, 6) is 1.20. The molecule has 1 N–H and O–H groups in total. The summed E-state index contributed by atoms with van der Waals surface area (Å²) in [4.78, 5) is 15.6. The lowest BCUT2D eigenvalue weighted by molar-refractivity contribution is -0.122. The molecule has 0 saturated carbocycles. The fourth-order valence-electron chi connectivity index (χ4n) is 1.73. The van der Waals surface area contributed by atoms with E-state index >= 15 is 0 Å². The maximum Gasteiger partial charge on any atom is 0.222 e. The van der Waals surface area contributed by atoms with Gasteiger partial charge in [0.25, 0.3) is 0 Å². The number of carbonyl (C=O) groups excluding carboxylic acids is 1. The molecule has 0 aliphatic rings. The van der Waals surface area contributed by atoms with Gasteiger partial charge < -0.3 is 14.8 Å².